The Balaban J connectivity index is 0.00000304. The summed E-state index contributed by atoms with van der Waals surface area (Å²) in [7, 11) is 1.78. The van der Waals surface area contributed by atoms with Crippen LogP contribution in [0.3, 0.4) is 0 Å². The van der Waals surface area contributed by atoms with E-state index in [2.05, 4.69) is 20.1 Å². The van der Waals surface area contributed by atoms with Crippen molar-refractivity contribution in [1.29, 1.82) is 0 Å². The van der Waals surface area contributed by atoms with E-state index < -0.39 is 6.43 Å². The van der Waals surface area contributed by atoms with Gasteiger partial charge >= 0.3 is 0 Å². The molecule has 1 aliphatic rings. The second-order valence-corrected chi connectivity index (χ2v) is 8.53. The van der Waals surface area contributed by atoms with Crippen molar-refractivity contribution in [3.63, 3.8) is 0 Å². The number of aromatic amines is 1. The number of H-pyrrole nitrogens is 1. The highest BCUT2D eigenvalue weighted by Crippen LogP contribution is 2.41. The van der Waals surface area contributed by atoms with Gasteiger partial charge in [-0.2, -0.15) is 5.10 Å². The van der Waals surface area contributed by atoms with Crippen molar-refractivity contribution < 1.29 is 10.2 Å². The van der Waals surface area contributed by atoms with Gasteiger partial charge in [-0.1, -0.05) is 6.08 Å². The van der Waals surface area contributed by atoms with Crippen LogP contribution in [0, 0.1) is 0 Å². The minimum Gasteiger partial charge on any atom is -0.344 e. The molecule has 0 saturated carbocycles. The molecule has 4 heterocycles. The number of rotatable bonds is 6. The molecule has 35 heavy (non-hydrogen) atoms. The molecule has 182 valence electrons. The molecule has 0 radical (unpaired) electrons. The highest BCUT2D eigenvalue weighted by atomic mass is 19.3. The molecule has 1 aromatic carbocycles. The number of hydrogen-bond donors (Lipinski definition) is 1. The summed E-state index contributed by atoms with van der Waals surface area (Å²) in [5.74, 6) is 0.636. The molecule has 4 aromatic rings. The van der Waals surface area contributed by atoms with Crippen molar-refractivity contribution in [3.8, 4) is 11.1 Å². The van der Waals surface area contributed by atoms with Crippen LogP contribution in [0.25, 0.3) is 27.9 Å². The van der Waals surface area contributed by atoms with E-state index in [-0.39, 0.29) is 6.99 Å². The maximum absolute atomic E-state index is 14.2. The van der Waals surface area contributed by atoms with E-state index >= 15 is 0 Å². The lowest BCUT2D eigenvalue weighted by Crippen LogP contribution is -2.26. The maximum atomic E-state index is 14.2. The van der Waals surface area contributed by atoms with Gasteiger partial charge in [-0.05, 0) is 55.5 Å². The number of aliphatic imine (C=N–C) groups is 1. The lowest BCUT2D eigenvalue weighted by Gasteiger charge is -2.31. The van der Waals surface area contributed by atoms with Crippen LogP contribution in [0.1, 0.15) is 44.8 Å². The minimum atomic E-state index is -2.61. The van der Waals surface area contributed by atoms with Crippen molar-refractivity contribution in [2.75, 3.05) is 18.0 Å². The smallest absolute Gasteiger partial charge is 0.264 e. The first-order chi connectivity index (χ1) is 17.0. The van der Waals surface area contributed by atoms with Gasteiger partial charge in [0.25, 0.3) is 6.43 Å². The number of benzene rings is 1. The van der Waals surface area contributed by atoms with Crippen LogP contribution >= 0.6 is 0 Å². The van der Waals surface area contributed by atoms with Crippen molar-refractivity contribution in [3.05, 3.63) is 59.7 Å². The molecule has 3 aromatic heterocycles. The second kappa shape index (κ2) is 9.40. The lowest BCUT2D eigenvalue weighted by atomic mass is 9.93. The van der Waals surface area contributed by atoms with Gasteiger partial charge in [-0.15, -0.1) is 0 Å². The molecule has 0 fully saturated rings. The fourth-order valence-electron chi connectivity index (χ4n) is 4.60. The van der Waals surface area contributed by atoms with E-state index in [0.29, 0.717) is 35.7 Å². The summed E-state index contributed by atoms with van der Waals surface area (Å²) in [4.78, 5) is 19.0. The number of alkyl halides is 2. The first-order valence-electron chi connectivity index (χ1n) is 11.7. The van der Waals surface area contributed by atoms with Crippen LogP contribution in [-0.4, -0.2) is 44.0 Å². The van der Waals surface area contributed by atoms with Gasteiger partial charge in [0.05, 0.1) is 12.4 Å². The van der Waals surface area contributed by atoms with Gasteiger partial charge in [0.2, 0.25) is 0 Å². The second-order valence-electron chi connectivity index (χ2n) is 8.53. The highest BCUT2D eigenvalue weighted by Gasteiger charge is 2.26. The van der Waals surface area contributed by atoms with E-state index in [1.165, 1.54) is 0 Å². The molecule has 0 bridgehead atoms. The van der Waals surface area contributed by atoms with Crippen LogP contribution in [0.15, 0.2) is 48.0 Å². The quantitative estimate of drug-likeness (QED) is 0.340. The van der Waals surface area contributed by atoms with E-state index in [4.69, 9.17) is 4.98 Å². The zero-order valence-corrected chi connectivity index (χ0v) is 20.0. The fraction of sp³-hybridized carbons (Fsp3) is 0.308. The molecule has 0 aliphatic carbocycles. The summed E-state index contributed by atoms with van der Waals surface area (Å²) in [5, 5.41) is 4.17. The molecule has 0 spiro atoms. The average Bonchev–Trinajstić information content (AvgIpc) is 3.49. The molecule has 0 saturated heterocycles. The number of allylic oxidation sites excluding steroid dienone is 2. The van der Waals surface area contributed by atoms with Crippen LogP contribution in [0.5, 0.6) is 0 Å². The van der Waals surface area contributed by atoms with Crippen molar-refractivity contribution in [2.45, 2.75) is 33.1 Å². The number of nitrogens with zero attached hydrogens (tertiary/aromatic N) is 6. The SMILES string of the molecule is C/C=C(\C=NCC)c1c[nH]c2ncc(N3CCCc4cc(-c5cnn(C)c5)c(C(F)F)cc43)nc12.[HH]. The first-order valence-corrected chi connectivity index (χ1v) is 11.7. The predicted octanol–water partition coefficient (Wildman–Crippen LogP) is 6.12. The Morgan fingerprint density at radius 1 is 1.31 bits per heavy atom. The topological polar surface area (TPSA) is 75.0 Å². The number of nitrogens with one attached hydrogen (secondary N) is 1. The summed E-state index contributed by atoms with van der Waals surface area (Å²) in [6.45, 7) is 5.31. The van der Waals surface area contributed by atoms with Gasteiger partial charge in [0.1, 0.15) is 5.52 Å². The van der Waals surface area contributed by atoms with Crippen LogP contribution < -0.4 is 4.90 Å². The number of halogens is 2. The van der Waals surface area contributed by atoms with Crippen LogP contribution in [0.4, 0.5) is 20.3 Å². The minimum absolute atomic E-state index is 0. The third-order valence-corrected chi connectivity index (χ3v) is 6.30. The first kappa shape index (κ1) is 22.9. The zero-order valence-electron chi connectivity index (χ0n) is 20.0. The normalized spacial score (nSPS) is 14.5. The molecule has 9 heteroatoms. The third-order valence-electron chi connectivity index (χ3n) is 6.30. The monoisotopic (exact) mass is 477 g/mol. The Kier molecular flexibility index (Phi) is 6.15. The van der Waals surface area contributed by atoms with Gasteiger partial charge in [-0.25, -0.2) is 18.7 Å². The Morgan fingerprint density at radius 2 is 2.17 bits per heavy atom. The molecule has 1 N–H and O–H groups in total. The standard InChI is InChI=1S/C26H27F2N7.H2/c1-4-16(11-29-5-2)21-13-30-26-24(21)33-23(14-31-26)35-8-6-7-17-9-19(18-12-32-34(3)15-18)20(25(27)28)10-22(17)35;/h4,9-15,25H,5-8H2,1-3H3,(H,30,31);1H/b16-4+,29-11?;. The number of fused-ring (bicyclic) bond motifs is 2. The summed E-state index contributed by atoms with van der Waals surface area (Å²) in [6, 6.07) is 3.49. The Labute approximate surface area is 203 Å². The lowest BCUT2D eigenvalue weighted by molar-refractivity contribution is 0.152. The van der Waals surface area contributed by atoms with Crippen molar-refractivity contribution >= 4 is 34.5 Å². The number of hydrogen-bond acceptors (Lipinski definition) is 5. The Hall–Kier alpha value is -3.88. The zero-order chi connectivity index (χ0) is 24.5. The predicted molar refractivity (Wildman–Crippen MR) is 138 cm³/mol. The Morgan fingerprint density at radius 3 is 2.89 bits per heavy atom. The number of aromatic nitrogens is 5. The molecule has 1 aliphatic heterocycles. The number of anilines is 2. The molecule has 7 nitrogen and oxygen atoms in total. The van der Waals surface area contributed by atoms with Crippen LogP contribution in [-0.2, 0) is 13.5 Å². The maximum Gasteiger partial charge on any atom is 0.264 e. The van der Waals surface area contributed by atoms with Gasteiger partial charge in [0.15, 0.2) is 11.5 Å². The average molecular weight is 478 g/mol. The fourth-order valence-corrected chi connectivity index (χ4v) is 4.60. The summed E-state index contributed by atoms with van der Waals surface area (Å²) in [5.41, 5.74) is 6.23. The summed E-state index contributed by atoms with van der Waals surface area (Å²) in [6.07, 6.45) is 9.88. The molecule has 5 rings (SSSR count). The van der Waals surface area contributed by atoms with E-state index in [1.807, 2.05) is 43.3 Å². The van der Waals surface area contributed by atoms with Crippen LogP contribution in [0.2, 0.25) is 0 Å². The van der Waals surface area contributed by atoms with Gasteiger partial charge in [0, 0.05) is 62.5 Å². The van der Waals surface area contributed by atoms with E-state index in [1.54, 1.807) is 36.4 Å². The molecular weight excluding hydrogens is 448 g/mol. The molecular formula is C26H29F2N7. The summed E-state index contributed by atoms with van der Waals surface area (Å²) < 4.78 is 30.0. The Bertz CT molecular complexity index is 1440. The van der Waals surface area contributed by atoms with Crippen molar-refractivity contribution in [2.24, 2.45) is 12.0 Å². The molecule has 0 amide bonds. The van der Waals surface area contributed by atoms with Gasteiger partial charge in [-0.3, -0.25) is 9.67 Å². The largest absolute Gasteiger partial charge is 0.344 e. The van der Waals surface area contributed by atoms with E-state index in [9.17, 15) is 8.78 Å². The summed E-state index contributed by atoms with van der Waals surface area (Å²) >= 11 is 0. The molecule has 0 unspecified atom stereocenters. The van der Waals surface area contributed by atoms with Gasteiger partial charge < -0.3 is 9.88 Å². The third kappa shape index (κ3) is 4.22. The van der Waals surface area contributed by atoms with E-state index in [0.717, 1.165) is 40.7 Å². The van der Waals surface area contributed by atoms with Crippen molar-refractivity contribution in [1.82, 2.24) is 24.7 Å². The molecule has 0 atom stereocenters. The number of aryl methyl sites for hydroxylation is 2. The highest BCUT2D eigenvalue weighted by molar-refractivity contribution is 6.13.